The molecule has 0 aliphatic heterocycles. The molecule has 0 aliphatic rings. The van der Waals surface area contributed by atoms with Gasteiger partial charge in [0.05, 0.1) is 0 Å². The van der Waals surface area contributed by atoms with Crippen LogP contribution in [-0.4, -0.2) is 19.0 Å². The van der Waals surface area contributed by atoms with Crippen molar-refractivity contribution in [3.05, 3.63) is 35.6 Å². The maximum Gasteiger partial charge on any atom is 0.220 e. The Morgan fingerprint density at radius 1 is 1.17 bits per heavy atom. The summed E-state index contributed by atoms with van der Waals surface area (Å²) in [7, 11) is 0. The number of nitrogens with one attached hydrogen (secondary N) is 1. The van der Waals surface area contributed by atoms with Gasteiger partial charge in [-0.15, -0.1) is 0 Å². The van der Waals surface area contributed by atoms with Crippen LogP contribution in [0.4, 0.5) is 4.39 Å². The van der Waals surface area contributed by atoms with Gasteiger partial charge in [0.25, 0.3) is 0 Å². The van der Waals surface area contributed by atoms with Crippen molar-refractivity contribution in [1.29, 1.82) is 0 Å². The average molecular weight is 252 g/mol. The highest BCUT2D eigenvalue weighted by Gasteiger charge is 2.01. The molecule has 0 aliphatic carbocycles. The van der Waals surface area contributed by atoms with Crippen molar-refractivity contribution in [2.24, 2.45) is 5.73 Å². The second-order valence-corrected chi connectivity index (χ2v) is 4.33. The van der Waals surface area contributed by atoms with Crippen molar-refractivity contribution in [2.45, 2.75) is 32.1 Å². The number of carbonyl (C=O) groups is 1. The van der Waals surface area contributed by atoms with E-state index >= 15 is 0 Å². The molecule has 1 aromatic carbocycles. The lowest BCUT2D eigenvalue weighted by Crippen LogP contribution is -2.24. The molecule has 0 saturated carbocycles. The summed E-state index contributed by atoms with van der Waals surface area (Å²) in [5.74, 6) is -0.199. The van der Waals surface area contributed by atoms with Gasteiger partial charge in [0, 0.05) is 13.0 Å². The van der Waals surface area contributed by atoms with Crippen LogP contribution in [0, 0.1) is 5.82 Å². The SMILES string of the molecule is NCCCCCNC(=O)CCc1ccc(F)cc1. The Labute approximate surface area is 108 Å². The van der Waals surface area contributed by atoms with Crippen LogP contribution in [0.1, 0.15) is 31.2 Å². The highest BCUT2D eigenvalue weighted by Crippen LogP contribution is 2.05. The predicted molar refractivity (Wildman–Crippen MR) is 70.6 cm³/mol. The minimum atomic E-state index is -0.247. The number of hydrogen-bond donors (Lipinski definition) is 2. The van der Waals surface area contributed by atoms with Crippen molar-refractivity contribution in [2.75, 3.05) is 13.1 Å². The first-order valence-electron chi connectivity index (χ1n) is 6.43. The number of nitrogens with two attached hydrogens (primary N) is 1. The van der Waals surface area contributed by atoms with E-state index in [1.807, 2.05) is 0 Å². The van der Waals surface area contributed by atoms with Crippen LogP contribution < -0.4 is 11.1 Å². The zero-order valence-corrected chi connectivity index (χ0v) is 10.6. The van der Waals surface area contributed by atoms with E-state index in [0.717, 1.165) is 24.8 Å². The molecule has 0 saturated heterocycles. The summed E-state index contributed by atoms with van der Waals surface area (Å²) in [5, 5.41) is 2.87. The Morgan fingerprint density at radius 3 is 2.56 bits per heavy atom. The molecule has 3 N–H and O–H groups in total. The molecule has 0 spiro atoms. The van der Waals surface area contributed by atoms with E-state index in [4.69, 9.17) is 5.73 Å². The molecule has 0 fully saturated rings. The van der Waals surface area contributed by atoms with Gasteiger partial charge in [-0.3, -0.25) is 4.79 Å². The number of carbonyl (C=O) groups excluding carboxylic acids is 1. The van der Waals surface area contributed by atoms with Crippen molar-refractivity contribution >= 4 is 5.91 Å². The molecule has 0 radical (unpaired) electrons. The molecule has 18 heavy (non-hydrogen) atoms. The summed E-state index contributed by atoms with van der Waals surface area (Å²) in [6, 6.07) is 6.26. The monoisotopic (exact) mass is 252 g/mol. The minimum Gasteiger partial charge on any atom is -0.356 e. The molecule has 1 aromatic rings. The first-order chi connectivity index (χ1) is 8.72. The fraction of sp³-hybridized carbons (Fsp3) is 0.500. The van der Waals surface area contributed by atoms with E-state index in [9.17, 15) is 9.18 Å². The number of rotatable bonds is 8. The second kappa shape index (κ2) is 8.64. The molecule has 0 unspecified atom stereocenters. The van der Waals surface area contributed by atoms with Crippen molar-refractivity contribution in [3.63, 3.8) is 0 Å². The van der Waals surface area contributed by atoms with Gasteiger partial charge < -0.3 is 11.1 Å². The topological polar surface area (TPSA) is 55.1 Å². The molecule has 0 atom stereocenters. The third-order valence-electron chi connectivity index (χ3n) is 2.76. The van der Waals surface area contributed by atoms with Crippen molar-refractivity contribution in [3.8, 4) is 0 Å². The maximum atomic E-state index is 12.7. The average Bonchev–Trinajstić information content (AvgIpc) is 2.38. The number of hydrogen-bond acceptors (Lipinski definition) is 2. The summed E-state index contributed by atoms with van der Waals surface area (Å²) in [4.78, 5) is 11.5. The number of aryl methyl sites for hydroxylation is 1. The van der Waals surface area contributed by atoms with E-state index in [2.05, 4.69) is 5.32 Å². The molecular weight excluding hydrogens is 231 g/mol. The zero-order chi connectivity index (χ0) is 13.2. The van der Waals surface area contributed by atoms with Crippen LogP contribution in [-0.2, 0) is 11.2 Å². The number of halogens is 1. The fourth-order valence-electron chi connectivity index (χ4n) is 1.67. The smallest absolute Gasteiger partial charge is 0.220 e. The molecular formula is C14H21FN2O. The van der Waals surface area contributed by atoms with Gasteiger partial charge in [0.1, 0.15) is 5.82 Å². The van der Waals surface area contributed by atoms with Crippen LogP contribution in [0.2, 0.25) is 0 Å². The van der Waals surface area contributed by atoms with Crippen LogP contribution in [0.5, 0.6) is 0 Å². The Hall–Kier alpha value is -1.42. The van der Waals surface area contributed by atoms with E-state index < -0.39 is 0 Å². The summed E-state index contributed by atoms with van der Waals surface area (Å²) in [5.41, 5.74) is 6.36. The fourth-order valence-corrected chi connectivity index (χ4v) is 1.67. The highest BCUT2D eigenvalue weighted by molar-refractivity contribution is 5.76. The van der Waals surface area contributed by atoms with Gasteiger partial charge in [-0.1, -0.05) is 18.6 Å². The summed E-state index contributed by atoms with van der Waals surface area (Å²) >= 11 is 0. The third-order valence-corrected chi connectivity index (χ3v) is 2.76. The first-order valence-corrected chi connectivity index (χ1v) is 6.43. The highest BCUT2D eigenvalue weighted by atomic mass is 19.1. The lowest BCUT2D eigenvalue weighted by Gasteiger charge is -2.05. The lowest BCUT2D eigenvalue weighted by molar-refractivity contribution is -0.121. The largest absolute Gasteiger partial charge is 0.356 e. The van der Waals surface area contributed by atoms with Crippen LogP contribution in [0.15, 0.2) is 24.3 Å². The Kier molecular flexibility index (Phi) is 7.03. The third kappa shape index (κ3) is 6.35. The Balaban J connectivity index is 2.11. The zero-order valence-electron chi connectivity index (χ0n) is 10.6. The lowest BCUT2D eigenvalue weighted by atomic mass is 10.1. The number of benzene rings is 1. The van der Waals surface area contributed by atoms with E-state index in [0.29, 0.717) is 25.9 Å². The molecule has 0 bridgehead atoms. The molecule has 1 amide bonds. The molecule has 1 rings (SSSR count). The van der Waals surface area contributed by atoms with Crippen LogP contribution >= 0.6 is 0 Å². The Morgan fingerprint density at radius 2 is 1.89 bits per heavy atom. The van der Waals surface area contributed by atoms with E-state index in [-0.39, 0.29) is 11.7 Å². The van der Waals surface area contributed by atoms with Gasteiger partial charge in [-0.25, -0.2) is 4.39 Å². The summed E-state index contributed by atoms with van der Waals surface area (Å²) in [6.45, 7) is 1.42. The molecule has 100 valence electrons. The van der Waals surface area contributed by atoms with Gasteiger partial charge >= 0.3 is 0 Å². The van der Waals surface area contributed by atoms with Crippen molar-refractivity contribution in [1.82, 2.24) is 5.32 Å². The van der Waals surface area contributed by atoms with Gasteiger partial charge in [-0.05, 0) is 43.5 Å². The van der Waals surface area contributed by atoms with Crippen LogP contribution in [0.3, 0.4) is 0 Å². The van der Waals surface area contributed by atoms with Gasteiger partial charge in [0.2, 0.25) is 5.91 Å². The predicted octanol–water partition coefficient (Wildman–Crippen LogP) is 2.00. The molecule has 0 heterocycles. The van der Waals surface area contributed by atoms with Crippen LogP contribution in [0.25, 0.3) is 0 Å². The van der Waals surface area contributed by atoms with E-state index in [1.54, 1.807) is 12.1 Å². The second-order valence-electron chi connectivity index (χ2n) is 4.33. The van der Waals surface area contributed by atoms with E-state index in [1.165, 1.54) is 12.1 Å². The first kappa shape index (κ1) is 14.6. The van der Waals surface area contributed by atoms with Gasteiger partial charge in [-0.2, -0.15) is 0 Å². The molecule has 0 aromatic heterocycles. The number of unbranched alkanes of at least 4 members (excludes halogenated alkanes) is 2. The molecule has 3 nitrogen and oxygen atoms in total. The quantitative estimate of drug-likeness (QED) is 0.695. The van der Waals surface area contributed by atoms with Crippen molar-refractivity contribution < 1.29 is 9.18 Å². The summed E-state index contributed by atoms with van der Waals surface area (Å²) < 4.78 is 12.7. The number of amides is 1. The van der Waals surface area contributed by atoms with Gasteiger partial charge in [0.15, 0.2) is 0 Å². The minimum absolute atomic E-state index is 0.0482. The molecule has 4 heteroatoms. The maximum absolute atomic E-state index is 12.7. The Bertz CT molecular complexity index is 351. The normalized spacial score (nSPS) is 10.3. The standard InChI is InChI=1S/C14H21FN2O/c15-13-7-4-12(5-8-13)6-9-14(18)17-11-3-1-2-10-16/h4-5,7-8H,1-3,6,9-11,16H2,(H,17,18). The summed E-state index contributed by atoms with van der Waals surface area (Å²) in [6.07, 6.45) is 4.12.